The number of fused-ring (bicyclic) bond motifs is 4. The number of methoxy groups -OCH3 is 2. The summed E-state index contributed by atoms with van der Waals surface area (Å²) in [5, 5.41) is 3.43. The van der Waals surface area contributed by atoms with E-state index in [1.165, 1.54) is 5.57 Å². The summed E-state index contributed by atoms with van der Waals surface area (Å²) in [5.41, 5.74) is 4.81. The van der Waals surface area contributed by atoms with Gasteiger partial charge in [-0.1, -0.05) is 11.1 Å². The lowest BCUT2D eigenvalue weighted by molar-refractivity contribution is 0.0793. The van der Waals surface area contributed by atoms with Crippen LogP contribution >= 0.6 is 0 Å². The Kier molecular flexibility index (Phi) is 8.01. The van der Waals surface area contributed by atoms with Gasteiger partial charge < -0.3 is 34.1 Å². The smallest absolute Gasteiger partial charge is 0.260 e. The van der Waals surface area contributed by atoms with Crippen LogP contribution in [0.3, 0.4) is 0 Å². The molecule has 2 atom stereocenters. The summed E-state index contributed by atoms with van der Waals surface area (Å²) in [7, 11) is 3.16. The van der Waals surface area contributed by atoms with E-state index in [2.05, 4.69) is 17.2 Å². The number of ether oxygens (including phenoxy) is 4. The van der Waals surface area contributed by atoms with Crippen molar-refractivity contribution in [2.24, 2.45) is 4.99 Å². The average Bonchev–Trinajstić information content (AvgIpc) is 3.51. The zero-order valence-corrected chi connectivity index (χ0v) is 25.1. The number of nitrogens with one attached hydrogen (secondary N) is 1. The van der Waals surface area contributed by atoms with Gasteiger partial charge in [0.25, 0.3) is 11.8 Å². The summed E-state index contributed by atoms with van der Waals surface area (Å²) in [6.45, 7) is 5.75. The van der Waals surface area contributed by atoms with Crippen LogP contribution in [0, 0.1) is 0 Å². The molecule has 10 heteroatoms. The summed E-state index contributed by atoms with van der Waals surface area (Å²) < 4.78 is 23.3. The fourth-order valence-corrected chi connectivity index (χ4v) is 6.08. The Hall–Kier alpha value is -4.47. The van der Waals surface area contributed by atoms with Gasteiger partial charge in [0.1, 0.15) is 0 Å². The number of hydrogen-bond acceptors (Lipinski definition) is 8. The van der Waals surface area contributed by atoms with Crippen molar-refractivity contribution in [3.63, 3.8) is 0 Å². The first-order valence-electron chi connectivity index (χ1n) is 14.8. The molecule has 0 spiro atoms. The van der Waals surface area contributed by atoms with Gasteiger partial charge in [-0.05, 0) is 58.1 Å². The lowest BCUT2D eigenvalue weighted by atomic mass is 10.1. The Labute approximate surface area is 251 Å². The minimum Gasteiger partial charge on any atom is -0.493 e. The largest absolute Gasteiger partial charge is 0.493 e. The van der Waals surface area contributed by atoms with Crippen molar-refractivity contribution in [3.05, 3.63) is 58.9 Å². The van der Waals surface area contributed by atoms with E-state index in [4.69, 9.17) is 18.9 Å². The van der Waals surface area contributed by atoms with Gasteiger partial charge in [-0.25, -0.2) is 0 Å². The number of nitrogens with zero attached hydrogens (tertiary/aromatic N) is 3. The monoisotopic (exact) mass is 586 g/mol. The second-order valence-corrected chi connectivity index (χ2v) is 11.5. The summed E-state index contributed by atoms with van der Waals surface area (Å²) in [5.74, 6) is 2.13. The van der Waals surface area contributed by atoms with E-state index in [-0.39, 0.29) is 23.9 Å². The molecule has 4 aliphatic rings. The molecule has 2 aromatic rings. The van der Waals surface area contributed by atoms with Crippen LogP contribution < -0.4 is 24.3 Å². The van der Waals surface area contributed by atoms with Crippen molar-refractivity contribution >= 4 is 29.4 Å². The van der Waals surface area contributed by atoms with E-state index < -0.39 is 0 Å². The molecule has 6 rings (SSSR count). The van der Waals surface area contributed by atoms with Crippen LogP contribution in [0.25, 0.3) is 0 Å². The summed E-state index contributed by atoms with van der Waals surface area (Å²) >= 11 is 0. The van der Waals surface area contributed by atoms with Gasteiger partial charge >= 0.3 is 0 Å². The normalized spacial score (nSPS) is 20.2. The number of aliphatic imine (C=N–C) groups is 1. The van der Waals surface area contributed by atoms with E-state index in [1.54, 1.807) is 37.3 Å². The van der Waals surface area contributed by atoms with E-state index in [1.807, 2.05) is 36.5 Å². The van der Waals surface area contributed by atoms with Crippen LogP contribution in [0.5, 0.6) is 23.0 Å². The van der Waals surface area contributed by atoms with E-state index >= 15 is 0 Å². The highest BCUT2D eigenvalue weighted by Crippen LogP contribution is 2.39. The number of benzene rings is 2. The molecule has 0 bridgehead atoms. The maximum Gasteiger partial charge on any atom is 0.260 e. The fourth-order valence-electron chi connectivity index (χ4n) is 6.08. The first kappa shape index (κ1) is 28.6. The van der Waals surface area contributed by atoms with Gasteiger partial charge in [-0.3, -0.25) is 14.6 Å². The summed E-state index contributed by atoms with van der Waals surface area (Å²) in [6.07, 6.45) is 9.87. The lowest BCUT2D eigenvalue weighted by Gasteiger charge is -2.20. The molecule has 2 aromatic carbocycles. The number of carbonyl (C=O) groups is 2. The first-order valence-corrected chi connectivity index (χ1v) is 14.8. The van der Waals surface area contributed by atoms with Crippen LogP contribution in [0.4, 0.5) is 11.4 Å². The molecule has 1 N–H and O–H groups in total. The van der Waals surface area contributed by atoms with Gasteiger partial charge in [0.05, 0.1) is 62.0 Å². The van der Waals surface area contributed by atoms with Gasteiger partial charge in [0.15, 0.2) is 23.0 Å². The van der Waals surface area contributed by atoms with Crippen molar-refractivity contribution in [1.29, 1.82) is 0 Å². The first-order chi connectivity index (χ1) is 20.9. The second kappa shape index (κ2) is 12.0. The third-order valence-electron chi connectivity index (χ3n) is 8.29. The van der Waals surface area contributed by atoms with Crippen LogP contribution in [0.15, 0.2) is 52.8 Å². The van der Waals surface area contributed by atoms with Gasteiger partial charge in [0.2, 0.25) is 0 Å². The zero-order valence-electron chi connectivity index (χ0n) is 25.1. The number of rotatable bonds is 10. The molecule has 0 saturated carbocycles. The summed E-state index contributed by atoms with van der Waals surface area (Å²) in [4.78, 5) is 34.5. The van der Waals surface area contributed by atoms with E-state index in [9.17, 15) is 9.59 Å². The van der Waals surface area contributed by atoms with Crippen molar-refractivity contribution in [2.45, 2.75) is 58.0 Å². The maximum absolute atomic E-state index is 13.2. The van der Waals surface area contributed by atoms with Gasteiger partial charge in [0, 0.05) is 37.3 Å². The molecule has 0 saturated heterocycles. The van der Waals surface area contributed by atoms with Crippen LogP contribution in [-0.2, 0) is 0 Å². The third kappa shape index (κ3) is 5.66. The van der Waals surface area contributed by atoms with Crippen molar-refractivity contribution in [2.75, 3.05) is 39.3 Å². The SMILES string of the molecule is COc1cc2c(cc1OCCCCCOc1cc3c(cc1OC)C(=O)N1C=C(C)CC1CN3)N=C[C@@H]1CC(C)=CN1C2=O. The molecular formula is C33H38N4O6. The number of carbonyl (C=O) groups excluding carboxylic acids is 2. The predicted molar refractivity (Wildman–Crippen MR) is 164 cm³/mol. The van der Waals surface area contributed by atoms with Crippen LogP contribution in [0.1, 0.15) is 66.7 Å². The van der Waals surface area contributed by atoms with E-state index in [0.29, 0.717) is 59.6 Å². The molecule has 4 heterocycles. The van der Waals surface area contributed by atoms with Crippen LogP contribution in [-0.4, -0.2) is 73.9 Å². The lowest BCUT2D eigenvalue weighted by Crippen LogP contribution is -2.34. The molecular weight excluding hydrogens is 548 g/mol. The minimum atomic E-state index is -0.0831. The Morgan fingerprint density at radius 3 is 2.14 bits per heavy atom. The van der Waals surface area contributed by atoms with Crippen LogP contribution in [0.2, 0.25) is 0 Å². The standard InChI is InChI=1S/C33H38N4O6/c1-20-10-22-16-34-26-14-30(28(40-3)12-24(26)32(38)36(22)18-20)42-8-6-5-7-9-43-31-15-27-25(13-29(31)41-4)33(39)37-19-21(2)11-23(37)17-35-27/h12-16,18-19,22-23,35H,5-11,17H2,1-4H3/t22-,23?/m0/s1. The molecule has 0 fully saturated rings. The molecule has 0 aliphatic carbocycles. The Balaban J connectivity index is 1.02. The number of unbranched alkanes of at least 4 members (excludes halogenated alkanes) is 2. The molecule has 2 amide bonds. The quantitative estimate of drug-likeness (QED) is 0.356. The number of anilines is 1. The predicted octanol–water partition coefficient (Wildman–Crippen LogP) is 5.71. The maximum atomic E-state index is 13.2. The molecule has 43 heavy (non-hydrogen) atoms. The Bertz CT molecular complexity index is 1530. The highest BCUT2D eigenvalue weighted by Gasteiger charge is 2.34. The fraction of sp³-hybridized carbons (Fsp3) is 0.424. The number of amides is 2. The third-order valence-corrected chi connectivity index (χ3v) is 8.29. The van der Waals surface area contributed by atoms with Crippen molar-refractivity contribution in [3.8, 4) is 23.0 Å². The second-order valence-electron chi connectivity index (χ2n) is 11.5. The van der Waals surface area contributed by atoms with Gasteiger partial charge in [-0.15, -0.1) is 0 Å². The highest BCUT2D eigenvalue weighted by atomic mass is 16.5. The molecule has 1 unspecified atom stereocenters. The molecule has 10 nitrogen and oxygen atoms in total. The average molecular weight is 587 g/mol. The number of hydrogen-bond donors (Lipinski definition) is 1. The zero-order chi connectivity index (χ0) is 30.1. The minimum absolute atomic E-state index is 0.0243. The Morgan fingerprint density at radius 2 is 1.42 bits per heavy atom. The van der Waals surface area contributed by atoms with Gasteiger partial charge in [-0.2, -0.15) is 0 Å². The molecule has 0 aromatic heterocycles. The van der Waals surface area contributed by atoms with E-state index in [0.717, 1.165) is 43.4 Å². The highest BCUT2D eigenvalue weighted by molar-refractivity contribution is 6.04. The molecule has 4 aliphatic heterocycles. The Morgan fingerprint density at radius 1 is 0.791 bits per heavy atom. The molecule has 226 valence electrons. The topological polar surface area (TPSA) is 102 Å². The van der Waals surface area contributed by atoms with Crippen molar-refractivity contribution < 1.29 is 28.5 Å². The summed E-state index contributed by atoms with van der Waals surface area (Å²) in [6, 6.07) is 7.22. The molecule has 0 radical (unpaired) electrons. The van der Waals surface area contributed by atoms with Crippen molar-refractivity contribution in [1.82, 2.24) is 9.80 Å².